The molecule has 4 rings (SSSR count). The number of hydrogen-bond acceptors (Lipinski definition) is 5. The van der Waals surface area contributed by atoms with Crippen LogP contribution in [0.25, 0.3) is 10.9 Å². The maximum absolute atomic E-state index is 10.5. The van der Waals surface area contributed by atoms with Crippen LogP contribution in [-0.4, -0.2) is 59.2 Å². The SMILES string of the molecule is Cc1cccc(C)c1NCCN(C)CC(O)COc1cccc2nn(Cc3ccccc3)cc12. The van der Waals surface area contributed by atoms with Crippen molar-refractivity contribution < 1.29 is 9.84 Å². The van der Waals surface area contributed by atoms with Gasteiger partial charge in [0.1, 0.15) is 18.5 Å². The highest BCUT2D eigenvalue weighted by molar-refractivity contribution is 5.84. The summed E-state index contributed by atoms with van der Waals surface area (Å²) in [4.78, 5) is 2.12. The third-order valence-corrected chi connectivity index (χ3v) is 5.97. The van der Waals surface area contributed by atoms with Crippen molar-refractivity contribution in [2.45, 2.75) is 26.5 Å². The summed E-state index contributed by atoms with van der Waals surface area (Å²) in [5, 5.41) is 19.7. The van der Waals surface area contributed by atoms with Gasteiger partial charge in [0.05, 0.1) is 17.4 Å². The minimum atomic E-state index is -0.584. The largest absolute Gasteiger partial charge is 0.490 e. The van der Waals surface area contributed by atoms with Gasteiger partial charge >= 0.3 is 0 Å². The first kappa shape index (κ1) is 23.8. The van der Waals surface area contributed by atoms with Crippen molar-refractivity contribution in [3.63, 3.8) is 0 Å². The first-order valence-corrected chi connectivity index (χ1v) is 11.8. The van der Waals surface area contributed by atoms with Crippen LogP contribution >= 0.6 is 0 Å². The predicted molar refractivity (Wildman–Crippen MR) is 139 cm³/mol. The molecule has 0 amide bonds. The lowest BCUT2D eigenvalue weighted by Gasteiger charge is -2.22. The Bertz CT molecular complexity index is 1190. The molecule has 0 radical (unpaired) electrons. The summed E-state index contributed by atoms with van der Waals surface area (Å²) >= 11 is 0. The molecule has 1 unspecified atom stereocenters. The van der Waals surface area contributed by atoms with Gasteiger partial charge in [-0.15, -0.1) is 0 Å². The van der Waals surface area contributed by atoms with Gasteiger partial charge in [-0.3, -0.25) is 4.68 Å². The third kappa shape index (κ3) is 6.16. The van der Waals surface area contributed by atoms with Crippen LogP contribution in [0, 0.1) is 13.8 Å². The molecule has 4 aromatic rings. The molecule has 2 N–H and O–H groups in total. The lowest BCUT2D eigenvalue weighted by atomic mass is 10.1. The highest BCUT2D eigenvalue weighted by atomic mass is 16.5. The van der Waals surface area contributed by atoms with Crippen molar-refractivity contribution in [2.24, 2.45) is 0 Å². The van der Waals surface area contributed by atoms with E-state index in [0.29, 0.717) is 13.1 Å². The van der Waals surface area contributed by atoms with Gasteiger partial charge < -0.3 is 20.1 Å². The van der Waals surface area contributed by atoms with Gasteiger partial charge in [-0.1, -0.05) is 54.6 Å². The first-order chi connectivity index (χ1) is 16.5. The Balaban J connectivity index is 1.27. The van der Waals surface area contributed by atoms with Crippen molar-refractivity contribution in [3.8, 4) is 5.75 Å². The van der Waals surface area contributed by atoms with E-state index in [1.54, 1.807) is 0 Å². The molecule has 0 bridgehead atoms. The van der Waals surface area contributed by atoms with Gasteiger partial charge in [0.2, 0.25) is 0 Å². The molecular weight excluding hydrogens is 424 g/mol. The fourth-order valence-electron chi connectivity index (χ4n) is 4.20. The Hall–Kier alpha value is -3.35. The summed E-state index contributed by atoms with van der Waals surface area (Å²) in [7, 11) is 2.02. The molecule has 6 heteroatoms. The van der Waals surface area contributed by atoms with E-state index >= 15 is 0 Å². The minimum absolute atomic E-state index is 0.234. The second-order valence-corrected chi connectivity index (χ2v) is 8.92. The average Bonchev–Trinajstić information content (AvgIpc) is 3.23. The molecule has 0 fully saturated rings. The number of nitrogens with one attached hydrogen (secondary N) is 1. The Morgan fingerprint density at radius 3 is 2.50 bits per heavy atom. The summed E-state index contributed by atoms with van der Waals surface area (Å²) in [6, 6.07) is 22.4. The second kappa shape index (κ2) is 11.2. The molecule has 1 aromatic heterocycles. The number of para-hydroxylation sites is 1. The number of aliphatic hydroxyl groups is 1. The molecule has 0 saturated carbocycles. The van der Waals surface area contributed by atoms with Crippen molar-refractivity contribution in [1.82, 2.24) is 14.7 Å². The van der Waals surface area contributed by atoms with Crippen molar-refractivity contribution in [1.29, 1.82) is 0 Å². The van der Waals surface area contributed by atoms with E-state index in [2.05, 4.69) is 59.5 Å². The zero-order chi connectivity index (χ0) is 23.9. The van der Waals surface area contributed by atoms with Gasteiger partial charge in [-0.05, 0) is 49.7 Å². The van der Waals surface area contributed by atoms with Crippen LogP contribution in [0.15, 0.2) is 72.9 Å². The van der Waals surface area contributed by atoms with Crippen LogP contribution in [0.4, 0.5) is 5.69 Å². The number of anilines is 1. The highest BCUT2D eigenvalue weighted by Crippen LogP contribution is 2.25. The van der Waals surface area contributed by atoms with Crippen molar-refractivity contribution in [3.05, 3.63) is 89.6 Å². The average molecular weight is 459 g/mol. The quantitative estimate of drug-likeness (QED) is 0.347. The molecular formula is C28H34N4O2. The summed E-state index contributed by atoms with van der Waals surface area (Å²) in [6.07, 6.45) is 1.43. The molecule has 0 aliphatic rings. The predicted octanol–water partition coefficient (Wildman–Crippen LogP) is 4.49. The number of aryl methyl sites for hydroxylation is 2. The maximum Gasteiger partial charge on any atom is 0.130 e. The molecule has 0 aliphatic carbocycles. The summed E-state index contributed by atoms with van der Waals surface area (Å²) in [5.74, 6) is 0.746. The fraction of sp³-hybridized carbons (Fsp3) is 0.321. The first-order valence-electron chi connectivity index (χ1n) is 11.8. The van der Waals surface area contributed by atoms with Crippen LogP contribution in [-0.2, 0) is 6.54 Å². The molecule has 0 saturated heterocycles. The normalized spacial score (nSPS) is 12.3. The molecule has 6 nitrogen and oxygen atoms in total. The van der Waals surface area contributed by atoms with Gasteiger partial charge in [0.15, 0.2) is 0 Å². The van der Waals surface area contributed by atoms with E-state index in [1.165, 1.54) is 22.4 Å². The Morgan fingerprint density at radius 2 is 1.74 bits per heavy atom. The molecule has 1 atom stereocenters. The van der Waals surface area contributed by atoms with E-state index in [4.69, 9.17) is 4.74 Å². The van der Waals surface area contributed by atoms with Gasteiger partial charge in [-0.25, -0.2) is 0 Å². The molecule has 34 heavy (non-hydrogen) atoms. The van der Waals surface area contributed by atoms with E-state index in [0.717, 1.165) is 29.7 Å². The zero-order valence-electron chi connectivity index (χ0n) is 20.2. The number of rotatable bonds is 11. The maximum atomic E-state index is 10.5. The highest BCUT2D eigenvalue weighted by Gasteiger charge is 2.12. The van der Waals surface area contributed by atoms with E-state index in [1.807, 2.05) is 54.3 Å². The van der Waals surface area contributed by atoms with Gasteiger partial charge in [0.25, 0.3) is 0 Å². The van der Waals surface area contributed by atoms with Crippen LogP contribution in [0.5, 0.6) is 5.75 Å². The van der Waals surface area contributed by atoms with Crippen LogP contribution in [0.1, 0.15) is 16.7 Å². The summed E-state index contributed by atoms with van der Waals surface area (Å²) in [6.45, 7) is 7.36. The number of aromatic nitrogens is 2. The third-order valence-electron chi connectivity index (χ3n) is 5.97. The monoisotopic (exact) mass is 458 g/mol. The summed E-state index contributed by atoms with van der Waals surface area (Å²) in [5.41, 5.74) is 5.77. The molecule has 0 spiro atoms. The zero-order valence-corrected chi connectivity index (χ0v) is 20.2. The van der Waals surface area contributed by atoms with Gasteiger partial charge in [0, 0.05) is 31.5 Å². The number of likely N-dealkylation sites (N-methyl/N-ethyl adjacent to an activating group) is 1. The van der Waals surface area contributed by atoms with E-state index in [-0.39, 0.29) is 6.61 Å². The molecule has 1 heterocycles. The molecule has 0 aliphatic heterocycles. The number of hydrogen-bond donors (Lipinski definition) is 2. The Kier molecular flexibility index (Phi) is 7.83. The smallest absolute Gasteiger partial charge is 0.130 e. The van der Waals surface area contributed by atoms with Crippen molar-refractivity contribution in [2.75, 3.05) is 38.6 Å². The number of fused-ring (bicyclic) bond motifs is 1. The number of benzene rings is 3. The van der Waals surface area contributed by atoms with Crippen LogP contribution < -0.4 is 10.1 Å². The topological polar surface area (TPSA) is 62.6 Å². The number of ether oxygens (including phenoxy) is 1. The number of nitrogens with zero attached hydrogens (tertiary/aromatic N) is 3. The molecule has 3 aromatic carbocycles. The fourth-order valence-corrected chi connectivity index (χ4v) is 4.20. The van der Waals surface area contributed by atoms with Crippen molar-refractivity contribution >= 4 is 16.6 Å². The van der Waals surface area contributed by atoms with Crippen LogP contribution in [0.2, 0.25) is 0 Å². The second-order valence-electron chi connectivity index (χ2n) is 8.92. The Morgan fingerprint density at radius 1 is 1.00 bits per heavy atom. The Labute approximate surface area is 201 Å². The van der Waals surface area contributed by atoms with Gasteiger partial charge in [-0.2, -0.15) is 5.10 Å². The summed E-state index contributed by atoms with van der Waals surface area (Å²) < 4.78 is 7.94. The van der Waals surface area contributed by atoms with E-state index < -0.39 is 6.10 Å². The molecule has 178 valence electrons. The lowest BCUT2D eigenvalue weighted by molar-refractivity contribution is 0.0781. The minimum Gasteiger partial charge on any atom is -0.490 e. The van der Waals surface area contributed by atoms with E-state index in [9.17, 15) is 5.11 Å². The lowest BCUT2D eigenvalue weighted by Crippen LogP contribution is -2.35. The number of aliphatic hydroxyl groups excluding tert-OH is 1. The standard InChI is InChI=1S/C28H34N4O2/c1-21-9-7-10-22(2)28(21)29-15-16-31(3)18-24(33)20-34-27-14-8-13-26-25(27)19-32(30-26)17-23-11-5-4-6-12-23/h4-14,19,24,29,33H,15-18,20H2,1-3H3. The van der Waals surface area contributed by atoms with Crippen LogP contribution in [0.3, 0.4) is 0 Å².